The van der Waals surface area contributed by atoms with Crippen LogP contribution in [0.25, 0.3) is 0 Å². The molecule has 1 aromatic carbocycles. The van der Waals surface area contributed by atoms with E-state index < -0.39 is 0 Å². The Morgan fingerprint density at radius 3 is 2.87 bits per heavy atom. The summed E-state index contributed by atoms with van der Waals surface area (Å²) < 4.78 is 0. The molecule has 0 aliphatic heterocycles. The van der Waals surface area contributed by atoms with Crippen molar-refractivity contribution >= 4 is 11.6 Å². The lowest BCUT2D eigenvalue weighted by Crippen LogP contribution is -2.10. The van der Waals surface area contributed by atoms with Gasteiger partial charge in [0.1, 0.15) is 0 Å². The van der Waals surface area contributed by atoms with Gasteiger partial charge in [0.25, 0.3) is 0 Å². The van der Waals surface area contributed by atoms with Gasteiger partial charge in [-0.15, -0.1) is 0 Å². The van der Waals surface area contributed by atoms with E-state index in [1.165, 1.54) is 0 Å². The maximum absolute atomic E-state index is 11.2. The SMILES string of the molecule is CCC(=O)Nc1ccccc1C#CCN. The molecule has 0 unspecified atom stereocenters. The Morgan fingerprint density at radius 2 is 2.20 bits per heavy atom. The molecular weight excluding hydrogens is 188 g/mol. The minimum absolute atomic E-state index is 0.0167. The van der Waals surface area contributed by atoms with Crippen molar-refractivity contribution in [1.82, 2.24) is 0 Å². The van der Waals surface area contributed by atoms with Gasteiger partial charge in [-0.25, -0.2) is 0 Å². The van der Waals surface area contributed by atoms with E-state index in [9.17, 15) is 4.79 Å². The summed E-state index contributed by atoms with van der Waals surface area (Å²) in [7, 11) is 0. The van der Waals surface area contributed by atoms with E-state index in [2.05, 4.69) is 17.2 Å². The summed E-state index contributed by atoms with van der Waals surface area (Å²) in [5.41, 5.74) is 6.83. The Morgan fingerprint density at radius 1 is 1.47 bits per heavy atom. The minimum Gasteiger partial charge on any atom is -0.325 e. The summed E-state index contributed by atoms with van der Waals surface area (Å²) in [6, 6.07) is 7.42. The van der Waals surface area contributed by atoms with E-state index in [0.29, 0.717) is 13.0 Å². The van der Waals surface area contributed by atoms with Crippen molar-refractivity contribution in [1.29, 1.82) is 0 Å². The highest BCUT2D eigenvalue weighted by Gasteiger charge is 2.01. The second-order valence-electron chi connectivity index (χ2n) is 2.95. The molecule has 3 nitrogen and oxygen atoms in total. The van der Waals surface area contributed by atoms with E-state index in [1.807, 2.05) is 31.2 Å². The van der Waals surface area contributed by atoms with Crippen LogP contribution >= 0.6 is 0 Å². The summed E-state index contributed by atoms with van der Waals surface area (Å²) >= 11 is 0. The molecule has 15 heavy (non-hydrogen) atoms. The van der Waals surface area contributed by atoms with Crippen molar-refractivity contribution in [3.8, 4) is 11.8 Å². The van der Waals surface area contributed by atoms with Crippen LogP contribution in [0, 0.1) is 11.8 Å². The van der Waals surface area contributed by atoms with Gasteiger partial charge in [-0.3, -0.25) is 4.79 Å². The highest BCUT2D eigenvalue weighted by Crippen LogP contribution is 2.13. The zero-order valence-corrected chi connectivity index (χ0v) is 8.71. The maximum Gasteiger partial charge on any atom is 0.224 e. The number of hydrogen-bond acceptors (Lipinski definition) is 2. The molecule has 1 amide bonds. The smallest absolute Gasteiger partial charge is 0.224 e. The molecule has 3 N–H and O–H groups in total. The topological polar surface area (TPSA) is 55.1 Å². The highest BCUT2D eigenvalue weighted by atomic mass is 16.1. The molecule has 0 atom stereocenters. The van der Waals surface area contributed by atoms with Crippen molar-refractivity contribution in [2.75, 3.05) is 11.9 Å². The summed E-state index contributed by atoms with van der Waals surface area (Å²) in [6.07, 6.45) is 0.457. The van der Waals surface area contributed by atoms with E-state index in [1.54, 1.807) is 0 Å². The number of anilines is 1. The molecule has 78 valence electrons. The molecule has 0 aliphatic rings. The molecule has 0 saturated carbocycles. The molecule has 0 spiro atoms. The quantitative estimate of drug-likeness (QED) is 0.711. The Bertz CT molecular complexity index is 402. The molecule has 1 aromatic rings. The third-order valence-corrected chi connectivity index (χ3v) is 1.85. The zero-order chi connectivity index (χ0) is 11.1. The van der Waals surface area contributed by atoms with Crippen molar-refractivity contribution in [3.63, 3.8) is 0 Å². The van der Waals surface area contributed by atoms with Crippen LogP contribution in [0.3, 0.4) is 0 Å². The number of hydrogen-bond donors (Lipinski definition) is 2. The van der Waals surface area contributed by atoms with Gasteiger partial charge < -0.3 is 11.1 Å². The van der Waals surface area contributed by atoms with E-state index >= 15 is 0 Å². The Labute approximate surface area is 89.7 Å². The third-order valence-electron chi connectivity index (χ3n) is 1.85. The van der Waals surface area contributed by atoms with Crippen molar-refractivity contribution < 1.29 is 4.79 Å². The first-order chi connectivity index (χ1) is 7.27. The van der Waals surface area contributed by atoms with Crippen LogP contribution in [0.15, 0.2) is 24.3 Å². The number of rotatable bonds is 2. The van der Waals surface area contributed by atoms with Crippen molar-refractivity contribution in [3.05, 3.63) is 29.8 Å². The van der Waals surface area contributed by atoms with Gasteiger partial charge in [0, 0.05) is 12.0 Å². The zero-order valence-electron chi connectivity index (χ0n) is 8.71. The molecule has 0 radical (unpaired) electrons. The lowest BCUT2D eigenvalue weighted by atomic mass is 10.2. The second-order valence-corrected chi connectivity index (χ2v) is 2.95. The summed E-state index contributed by atoms with van der Waals surface area (Å²) in [4.78, 5) is 11.2. The minimum atomic E-state index is -0.0167. The van der Waals surface area contributed by atoms with Crippen molar-refractivity contribution in [2.24, 2.45) is 5.73 Å². The molecule has 1 rings (SSSR count). The first kappa shape index (κ1) is 11.3. The van der Waals surface area contributed by atoms with E-state index in [4.69, 9.17) is 5.73 Å². The molecule has 3 heteroatoms. The normalized spacial score (nSPS) is 8.93. The van der Waals surface area contributed by atoms with Crippen LogP contribution < -0.4 is 11.1 Å². The number of benzene rings is 1. The molecule has 0 heterocycles. The first-order valence-corrected chi connectivity index (χ1v) is 4.85. The highest BCUT2D eigenvalue weighted by molar-refractivity contribution is 5.91. The number of para-hydroxylation sites is 1. The van der Waals surface area contributed by atoms with Gasteiger partial charge in [-0.1, -0.05) is 30.9 Å². The largest absolute Gasteiger partial charge is 0.325 e. The van der Waals surface area contributed by atoms with E-state index in [-0.39, 0.29) is 5.91 Å². The maximum atomic E-state index is 11.2. The van der Waals surface area contributed by atoms with Gasteiger partial charge in [-0.05, 0) is 12.1 Å². The van der Waals surface area contributed by atoms with Gasteiger partial charge in [0.2, 0.25) is 5.91 Å². The van der Waals surface area contributed by atoms with Crippen LogP contribution in [0.4, 0.5) is 5.69 Å². The standard InChI is InChI=1S/C12H14N2O/c1-2-12(15)14-11-8-4-3-6-10(11)7-5-9-13/h3-4,6,8H,2,9,13H2,1H3,(H,14,15). The van der Waals surface area contributed by atoms with Crippen molar-refractivity contribution in [2.45, 2.75) is 13.3 Å². The number of nitrogens with two attached hydrogens (primary N) is 1. The number of nitrogens with one attached hydrogen (secondary N) is 1. The fourth-order valence-corrected chi connectivity index (χ4v) is 1.09. The van der Waals surface area contributed by atoms with Crippen LogP contribution in [-0.4, -0.2) is 12.5 Å². The molecule has 0 fully saturated rings. The third kappa shape index (κ3) is 3.45. The van der Waals surface area contributed by atoms with Crippen LogP contribution in [-0.2, 0) is 4.79 Å². The number of carbonyl (C=O) groups excluding carboxylic acids is 1. The van der Waals surface area contributed by atoms with Gasteiger partial charge >= 0.3 is 0 Å². The number of amides is 1. The van der Waals surface area contributed by atoms with Gasteiger partial charge in [-0.2, -0.15) is 0 Å². The van der Waals surface area contributed by atoms with Crippen LogP contribution in [0.2, 0.25) is 0 Å². The van der Waals surface area contributed by atoms with Crippen LogP contribution in [0.1, 0.15) is 18.9 Å². The van der Waals surface area contributed by atoms with Crippen LogP contribution in [0.5, 0.6) is 0 Å². The molecular formula is C12H14N2O. The molecule has 0 saturated heterocycles. The molecule has 0 aliphatic carbocycles. The average molecular weight is 202 g/mol. The Balaban J connectivity index is 2.91. The molecule has 0 bridgehead atoms. The molecule has 0 aromatic heterocycles. The fourth-order valence-electron chi connectivity index (χ4n) is 1.09. The fraction of sp³-hybridized carbons (Fsp3) is 0.250. The Kier molecular flexibility index (Phi) is 4.39. The number of carbonyl (C=O) groups is 1. The lowest BCUT2D eigenvalue weighted by Gasteiger charge is -2.05. The van der Waals surface area contributed by atoms with Gasteiger partial charge in [0.15, 0.2) is 0 Å². The monoisotopic (exact) mass is 202 g/mol. The summed E-state index contributed by atoms with van der Waals surface area (Å²) in [6.45, 7) is 2.12. The summed E-state index contributed by atoms with van der Waals surface area (Å²) in [5, 5.41) is 2.79. The predicted molar refractivity (Wildman–Crippen MR) is 61.3 cm³/mol. The first-order valence-electron chi connectivity index (χ1n) is 4.85. The van der Waals surface area contributed by atoms with E-state index in [0.717, 1.165) is 11.3 Å². The average Bonchev–Trinajstić information content (AvgIpc) is 2.28. The second kappa shape index (κ2) is 5.84. The van der Waals surface area contributed by atoms with Gasteiger partial charge in [0.05, 0.1) is 12.2 Å². The Hall–Kier alpha value is -1.79. The predicted octanol–water partition coefficient (Wildman–Crippen LogP) is 1.35. The summed E-state index contributed by atoms with van der Waals surface area (Å²) in [5.74, 6) is 5.66. The lowest BCUT2D eigenvalue weighted by molar-refractivity contribution is -0.115.